The molecule has 0 saturated heterocycles. The maximum absolute atomic E-state index is 12.3. The minimum atomic E-state index is -0.163. The number of aromatic nitrogens is 2. The van der Waals surface area contributed by atoms with E-state index >= 15 is 0 Å². The molecule has 1 aromatic heterocycles. The zero-order valence-electron chi connectivity index (χ0n) is 12.9. The lowest BCUT2D eigenvalue weighted by atomic mass is 9.92. The molecule has 2 aromatic rings. The molecular weight excluding hydrogens is 371 g/mol. The molecule has 3 N–H and O–H groups in total. The molecule has 1 amide bonds. The number of rotatable bonds is 3. The van der Waals surface area contributed by atoms with Crippen LogP contribution in [0.5, 0.6) is 0 Å². The van der Waals surface area contributed by atoms with Crippen LogP contribution in [-0.4, -0.2) is 27.8 Å². The Labute approximate surface area is 156 Å². The first-order valence-electron chi connectivity index (χ1n) is 7.60. The van der Waals surface area contributed by atoms with E-state index in [0.29, 0.717) is 15.7 Å². The van der Waals surface area contributed by atoms with Gasteiger partial charge in [0.15, 0.2) is 5.69 Å². The van der Waals surface area contributed by atoms with Gasteiger partial charge in [0.1, 0.15) is 0 Å². The summed E-state index contributed by atoms with van der Waals surface area (Å²) in [5.74, 6) is -0.163. The highest BCUT2D eigenvalue weighted by atomic mass is 35.5. The van der Waals surface area contributed by atoms with Crippen LogP contribution in [0.4, 0.5) is 0 Å². The molecule has 5 nitrogen and oxygen atoms in total. The first-order valence-corrected chi connectivity index (χ1v) is 8.36. The summed E-state index contributed by atoms with van der Waals surface area (Å²) in [6.45, 7) is 0. The van der Waals surface area contributed by atoms with Crippen molar-refractivity contribution in [3.8, 4) is 5.69 Å². The van der Waals surface area contributed by atoms with Gasteiger partial charge in [-0.3, -0.25) is 4.79 Å². The zero-order chi connectivity index (χ0) is 16.4. The lowest BCUT2D eigenvalue weighted by Crippen LogP contribution is -2.40. The summed E-state index contributed by atoms with van der Waals surface area (Å²) in [5, 5.41) is 8.26. The monoisotopic (exact) mass is 388 g/mol. The summed E-state index contributed by atoms with van der Waals surface area (Å²) >= 11 is 11.9. The topological polar surface area (TPSA) is 72.9 Å². The van der Waals surface area contributed by atoms with Gasteiger partial charge >= 0.3 is 0 Å². The predicted octanol–water partition coefficient (Wildman–Crippen LogP) is 3.60. The third-order valence-corrected chi connectivity index (χ3v) is 4.84. The molecule has 130 valence electrons. The number of halogens is 3. The Morgan fingerprint density at radius 3 is 2.54 bits per heavy atom. The zero-order valence-corrected chi connectivity index (χ0v) is 15.2. The molecule has 8 heteroatoms. The maximum atomic E-state index is 12.3. The number of nitrogens with one attached hydrogen (secondary N) is 1. The van der Waals surface area contributed by atoms with Crippen molar-refractivity contribution >= 4 is 41.5 Å². The minimum Gasteiger partial charge on any atom is -0.348 e. The summed E-state index contributed by atoms with van der Waals surface area (Å²) < 4.78 is 1.61. The van der Waals surface area contributed by atoms with Crippen molar-refractivity contribution in [3.05, 3.63) is 46.2 Å². The van der Waals surface area contributed by atoms with Crippen molar-refractivity contribution in [1.82, 2.24) is 15.1 Å². The Bertz CT molecular complexity index is 711. The summed E-state index contributed by atoms with van der Waals surface area (Å²) in [5.41, 5.74) is 7.01. The Morgan fingerprint density at radius 2 is 1.88 bits per heavy atom. The summed E-state index contributed by atoms with van der Waals surface area (Å²) in [6, 6.07) is 7.33. The molecule has 1 aromatic carbocycles. The van der Waals surface area contributed by atoms with Gasteiger partial charge in [0.25, 0.3) is 5.91 Å². The van der Waals surface area contributed by atoms with Crippen LogP contribution in [0.25, 0.3) is 5.69 Å². The fourth-order valence-corrected chi connectivity index (χ4v) is 3.03. The fraction of sp³-hybridized carbons (Fsp3) is 0.375. The SMILES string of the molecule is Cl.NC1CCC(NC(=O)c2ccn(-c3ccc(Cl)c(Cl)c3)n2)CC1. The van der Waals surface area contributed by atoms with Crippen LogP contribution in [0.3, 0.4) is 0 Å². The highest BCUT2D eigenvalue weighted by Crippen LogP contribution is 2.24. The number of carbonyl (C=O) groups excluding carboxylic acids is 1. The van der Waals surface area contributed by atoms with Gasteiger partial charge in [-0.15, -0.1) is 12.4 Å². The quantitative estimate of drug-likeness (QED) is 0.842. The molecule has 1 heterocycles. The van der Waals surface area contributed by atoms with Gasteiger partial charge in [0.2, 0.25) is 0 Å². The van der Waals surface area contributed by atoms with E-state index in [0.717, 1.165) is 31.4 Å². The summed E-state index contributed by atoms with van der Waals surface area (Å²) in [6.07, 6.45) is 5.46. The van der Waals surface area contributed by atoms with Crippen LogP contribution in [0.2, 0.25) is 10.0 Å². The van der Waals surface area contributed by atoms with E-state index < -0.39 is 0 Å². The average Bonchev–Trinajstić information content (AvgIpc) is 3.02. The third kappa shape index (κ3) is 4.42. The Kier molecular flexibility index (Phi) is 6.52. The Balaban J connectivity index is 0.00000208. The predicted molar refractivity (Wildman–Crippen MR) is 98.5 cm³/mol. The smallest absolute Gasteiger partial charge is 0.272 e. The number of benzene rings is 1. The van der Waals surface area contributed by atoms with Gasteiger partial charge in [-0.1, -0.05) is 23.2 Å². The molecule has 3 rings (SSSR count). The van der Waals surface area contributed by atoms with E-state index in [4.69, 9.17) is 28.9 Å². The van der Waals surface area contributed by atoms with Crippen LogP contribution < -0.4 is 11.1 Å². The minimum absolute atomic E-state index is 0. The molecule has 0 atom stereocenters. The van der Waals surface area contributed by atoms with E-state index in [1.165, 1.54) is 0 Å². The number of hydrogen-bond acceptors (Lipinski definition) is 3. The van der Waals surface area contributed by atoms with Gasteiger partial charge in [0.05, 0.1) is 15.7 Å². The molecule has 0 spiro atoms. The lowest BCUT2D eigenvalue weighted by Gasteiger charge is -2.26. The second-order valence-corrected chi connectivity index (χ2v) is 6.64. The average molecular weight is 390 g/mol. The molecular formula is C16H19Cl3N4O. The van der Waals surface area contributed by atoms with Crippen molar-refractivity contribution in [2.24, 2.45) is 5.73 Å². The Hall–Kier alpha value is -1.27. The van der Waals surface area contributed by atoms with Gasteiger partial charge in [-0.25, -0.2) is 4.68 Å². The molecule has 0 radical (unpaired) electrons. The largest absolute Gasteiger partial charge is 0.348 e. The van der Waals surface area contributed by atoms with Crippen LogP contribution in [0, 0.1) is 0 Å². The lowest BCUT2D eigenvalue weighted by molar-refractivity contribution is 0.0920. The van der Waals surface area contributed by atoms with E-state index in [-0.39, 0.29) is 30.4 Å². The molecule has 1 aliphatic rings. The summed E-state index contributed by atoms with van der Waals surface area (Å²) in [4.78, 5) is 12.3. The Morgan fingerprint density at radius 1 is 1.17 bits per heavy atom. The van der Waals surface area contributed by atoms with Crippen LogP contribution in [0.15, 0.2) is 30.5 Å². The molecule has 0 bridgehead atoms. The van der Waals surface area contributed by atoms with Gasteiger partial charge in [0, 0.05) is 18.3 Å². The molecule has 1 saturated carbocycles. The normalized spacial score (nSPS) is 20.3. The standard InChI is InChI=1S/C16H18Cl2N4O.ClH/c17-13-6-5-12(9-14(13)18)22-8-7-15(21-22)16(23)20-11-3-1-10(19)2-4-11;/h5-11H,1-4,19H2,(H,20,23);1H. The second-order valence-electron chi connectivity index (χ2n) is 5.83. The summed E-state index contributed by atoms with van der Waals surface area (Å²) in [7, 11) is 0. The van der Waals surface area contributed by atoms with Crippen molar-refractivity contribution in [2.45, 2.75) is 37.8 Å². The molecule has 0 unspecified atom stereocenters. The van der Waals surface area contributed by atoms with E-state index in [1.54, 1.807) is 35.1 Å². The van der Waals surface area contributed by atoms with Crippen LogP contribution in [0.1, 0.15) is 36.2 Å². The van der Waals surface area contributed by atoms with Crippen LogP contribution >= 0.6 is 35.6 Å². The number of nitrogens with two attached hydrogens (primary N) is 1. The second kappa shape index (κ2) is 8.21. The number of amides is 1. The third-order valence-electron chi connectivity index (χ3n) is 4.10. The molecule has 1 aliphatic carbocycles. The molecule has 24 heavy (non-hydrogen) atoms. The molecule has 0 aliphatic heterocycles. The van der Waals surface area contributed by atoms with Crippen molar-refractivity contribution in [3.63, 3.8) is 0 Å². The van der Waals surface area contributed by atoms with Crippen LogP contribution in [-0.2, 0) is 0 Å². The van der Waals surface area contributed by atoms with Crippen molar-refractivity contribution < 1.29 is 4.79 Å². The first kappa shape index (κ1) is 19.1. The van der Waals surface area contributed by atoms with E-state index in [9.17, 15) is 4.79 Å². The highest BCUT2D eigenvalue weighted by molar-refractivity contribution is 6.42. The molecule has 1 fully saturated rings. The van der Waals surface area contributed by atoms with Gasteiger partial charge in [-0.05, 0) is 49.9 Å². The first-order chi connectivity index (χ1) is 11.0. The van der Waals surface area contributed by atoms with E-state index in [2.05, 4.69) is 10.4 Å². The van der Waals surface area contributed by atoms with E-state index in [1.807, 2.05) is 0 Å². The van der Waals surface area contributed by atoms with Crippen molar-refractivity contribution in [1.29, 1.82) is 0 Å². The van der Waals surface area contributed by atoms with Gasteiger partial charge < -0.3 is 11.1 Å². The fourth-order valence-electron chi connectivity index (χ4n) is 2.74. The number of hydrogen-bond donors (Lipinski definition) is 2. The number of carbonyl (C=O) groups is 1. The van der Waals surface area contributed by atoms with Crippen molar-refractivity contribution in [2.75, 3.05) is 0 Å². The van der Waals surface area contributed by atoms with Gasteiger partial charge in [-0.2, -0.15) is 5.10 Å². The number of nitrogens with zero attached hydrogens (tertiary/aromatic N) is 2. The maximum Gasteiger partial charge on any atom is 0.272 e. The highest BCUT2D eigenvalue weighted by Gasteiger charge is 2.21.